The fourth-order valence-corrected chi connectivity index (χ4v) is 5.57. The summed E-state index contributed by atoms with van der Waals surface area (Å²) < 4.78 is 25.1. The minimum absolute atomic E-state index is 0.224. The van der Waals surface area contributed by atoms with Crippen LogP contribution in [0.4, 0.5) is 10.8 Å². The molecule has 0 atom stereocenters. The second kappa shape index (κ2) is 8.04. The number of sulfonamides is 1. The van der Waals surface area contributed by atoms with Gasteiger partial charge in [-0.15, -0.1) is 11.3 Å². The molecule has 2 aliphatic rings. The highest BCUT2D eigenvalue weighted by atomic mass is 32.2. The van der Waals surface area contributed by atoms with E-state index in [9.17, 15) is 13.2 Å². The molecule has 156 valence electrons. The maximum atomic E-state index is 12.6. The van der Waals surface area contributed by atoms with E-state index in [2.05, 4.69) is 22.1 Å². The van der Waals surface area contributed by atoms with Crippen LogP contribution in [-0.2, 0) is 23.0 Å². The third-order valence-electron chi connectivity index (χ3n) is 5.63. The van der Waals surface area contributed by atoms with Crippen molar-refractivity contribution in [2.45, 2.75) is 32.7 Å². The normalized spacial score (nSPS) is 18.1. The van der Waals surface area contributed by atoms with Gasteiger partial charge in [-0.1, -0.05) is 6.92 Å². The molecule has 3 heterocycles. The van der Waals surface area contributed by atoms with Crippen LogP contribution >= 0.6 is 11.3 Å². The third-order valence-corrected chi connectivity index (χ3v) is 7.62. The molecular formula is C20H26N4O3S2. The van der Waals surface area contributed by atoms with Crippen LogP contribution in [0.5, 0.6) is 0 Å². The van der Waals surface area contributed by atoms with E-state index in [1.165, 1.54) is 34.7 Å². The molecule has 0 spiro atoms. The van der Waals surface area contributed by atoms with Gasteiger partial charge in [0.25, 0.3) is 5.91 Å². The average molecular weight is 435 g/mol. The number of carbonyl (C=O) groups excluding carboxylic acids is 1. The standard InChI is InChI=1S/C20H26N4O3S2/c1-14-5-8-23(9-6-14)12-17-13-28-20(21-17)22-19(25)16-3-4-18-15(11-16)7-10-24(18)29(2,26)27/h3-4,11,13-14H,5-10,12H2,1-2H3,(H,21,22,25). The molecule has 1 N–H and O–H groups in total. The van der Waals surface area contributed by atoms with Gasteiger partial charge in [0.05, 0.1) is 17.6 Å². The Morgan fingerprint density at radius 3 is 2.76 bits per heavy atom. The van der Waals surface area contributed by atoms with E-state index >= 15 is 0 Å². The number of carbonyl (C=O) groups is 1. The molecule has 0 saturated carbocycles. The van der Waals surface area contributed by atoms with Gasteiger partial charge in [-0.3, -0.25) is 19.3 Å². The first kappa shape index (κ1) is 20.3. The van der Waals surface area contributed by atoms with Crippen molar-refractivity contribution in [3.63, 3.8) is 0 Å². The Balaban J connectivity index is 1.40. The topological polar surface area (TPSA) is 82.6 Å². The highest BCUT2D eigenvalue weighted by Crippen LogP contribution is 2.31. The lowest BCUT2D eigenvalue weighted by Gasteiger charge is -2.29. The van der Waals surface area contributed by atoms with Crippen molar-refractivity contribution in [2.24, 2.45) is 5.92 Å². The number of nitrogens with one attached hydrogen (secondary N) is 1. The number of aromatic nitrogens is 1. The van der Waals surface area contributed by atoms with Crippen LogP contribution in [0.2, 0.25) is 0 Å². The zero-order valence-corrected chi connectivity index (χ0v) is 18.4. The molecule has 4 rings (SSSR count). The van der Waals surface area contributed by atoms with E-state index in [4.69, 9.17) is 0 Å². The molecule has 1 aromatic carbocycles. The van der Waals surface area contributed by atoms with Crippen molar-refractivity contribution in [3.8, 4) is 0 Å². The summed E-state index contributed by atoms with van der Waals surface area (Å²) in [5.41, 5.74) is 3.04. The largest absolute Gasteiger partial charge is 0.298 e. The minimum atomic E-state index is -3.29. The average Bonchev–Trinajstić information content (AvgIpc) is 3.29. The summed E-state index contributed by atoms with van der Waals surface area (Å²) >= 11 is 1.43. The third kappa shape index (κ3) is 4.62. The van der Waals surface area contributed by atoms with Crippen molar-refractivity contribution in [2.75, 3.05) is 35.5 Å². The molecule has 1 fully saturated rings. The lowest BCUT2D eigenvalue weighted by atomic mass is 9.99. The van der Waals surface area contributed by atoms with Gasteiger partial charge >= 0.3 is 0 Å². The van der Waals surface area contributed by atoms with Crippen LogP contribution in [0, 0.1) is 5.92 Å². The zero-order chi connectivity index (χ0) is 20.6. The Hall–Kier alpha value is -1.97. The van der Waals surface area contributed by atoms with E-state index in [-0.39, 0.29) is 5.91 Å². The highest BCUT2D eigenvalue weighted by molar-refractivity contribution is 7.92. The van der Waals surface area contributed by atoms with E-state index in [1.54, 1.807) is 18.2 Å². The van der Waals surface area contributed by atoms with Gasteiger partial charge in [0.2, 0.25) is 10.0 Å². The molecule has 29 heavy (non-hydrogen) atoms. The number of nitrogens with zero attached hydrogens (tertiary/aromatic N) is 3. The maximum absolute atomic E-state index is 12.6. The Labute approximate surface area is 175 Å². The van der Waals surface area contributed by atoms with Crippen LogP contribution < -0.4 is 9.62 Å². The van der Waals surface area contributed by atoms with Crippen molar-refractivity contribution in [3.05, 3.63) is 40.4 Å². The number of likely N-dealkylation sites (tertiary alicyclic amines) is 1. The summed E-state index contributed by atoms with van der Waals surface area (Å²) in [5.74, 6) is 0.576. The van der Waals surface area contributed by atoms with E-state index in [0.717, 1.165) is 36.8 Å². The smallest absolute Gasteiger partial charge is 0.257 e. The second-order valence-corrected chi connectivity index (χ2v) is 10.8. The molecule has 0 radical (unpaired) electrons. The summed E-state index contributed by atoms with van der Waals surface area (Å²) in [6, 6.07) is 5.16. The molecule has 0 bridgehead atoms. The molecule has 1 saturated heterocycles. The van der Waals surface area contributed by atoms with Gasteiger partial charge in [-0.05, 0) is 62.0 Å². The number of amides is 1. The highest BCUT2D eigenvalue weighted by Gasteiger charge is 2.27. The van der Waals surface area contributed by atoms with Gasteiger partial charge < -0.3 is 0 Å². The summed E-state index contributed by atoms with van der Waals surface area (Å²) in [5, 5.41) is 5.47. The van der Waals surface area contributed by atoms with Crippen LogP contribution in [0.1, 0.15) is 41.4 Å². The number of anilines is 2. The fourth-order valence-electron chi connectivity index (χ4n) is 3.91. The lowest BCUT2D eigenvalue weighted by molar-refractivity contribution is 0.102. The van der Waals surface area contributed by atoms with E-state index in [0.29, 0.717) is 29.3 Å². The molecular weight excluding hydrogens is 408 g/mol. The molecule has 1 amide bonds. The SMILES string of the molecule is CC1CCN(Cc2csc(NC(=O)c3ccc4c(c3)CCN4S(C)(=O)=O)n2)CC1. The number of rotatable bonds is 5. The van der Waals surface area contributed by atoms with Crippen molar-refractivity contribution in [1.82, 2.24) is 9.88 Å². The van der Waals surface area contributed by atoms with Crippen LogP contribution in [0.25, 0.3) is 0 Å². The summed E-state index contributed by atoms with van der Waals surface area (Å²) in [6.07, 6.45) is 4.26. The second-order valence-electron chi connectivity index (χ2n) is 7.99. The monoisotopic (exact) mass is 434 g/mol. The quantitative estimate of drug-likeness (QED) is 0.782. The number of thiazole rings is 1. The number of fused-ring (bicyclic) bond motifs is 1. The number of hydrogen-bond donors (Lipinski definition) is 1. The Kier molecular flexibility index (Phi) is 5.63. The Morgan fingerprint density at radius 1 is 1.28 bits per heavy atom. The van der Waals surface area contributed by atoms with E-state index in [1.807, 2.05) is 5.38 Å². The summed E-state index contributed by atoms with van der Waals surface area (Å²) in [6.45, 7) is 5.73. The first-order valence-corrected chi connectivity index (χ1v) is 12.6. The van der Waals surface area contributed by atoms with Gasteiger partial charge in [-0.2, -0.15) is 0 Å². The molecule has 1 aromatic heterocycles. The molecule has 0 unspecified atom stereocenters. The number of piperidine rings is 1. The van der Waals surface area contributed by atoms with Crippen LogP contribution in [0.15, 0.2) is 23.6 Å². The van der Waals surface area contributed by atoms with Crippen molar-refractivity contribution >= 4 is 38.1 Å². The molecule has 0 aliphatic carbocycles. The number of benzene rings is 1. The lowest BCUT2D eigenvalue weighted by Crippen LogP contribution is -2.32. The molecule has 7 nitrogen and oxygen atoms in total. The molecule has 9 heteroatoms. The van der Waals surface area contributed by atoms with E-state index < -0.39 is 10.0 Å². The summed E-state index contributed by atoms with van der Waals surface area (Å²) in [7, 11) is -3.29. The van der Waals surface area contributed by atoms with Crippen LogP contribution in [-0.4, -0.2) is 50.1 Å². The number of hydrogen-bond acceptors (Lipinski definition) is 6. The van der Waals surface area contributed by atoms with Crippen molar-refractivity contribution < 1.29 is 13.2 Å². The zero-order valence-electron chi connectivity index (χ0n) is 16.7. The van der Waals surface area contributed by atoms with Gasteiger partial charge in [0.15, 0.2) is 5.13 Å². The predicted molar refractivity (Wildman–Crippen MR) is 116 cm³/mol. The van der Waals surface area contributed by atoms with Crippen molar-refractivity contribution in [1.29, 1.82) is 0 Å². The maximum Gasteiger partial charge on any atom is 0.257 e. The first-order valence-electron chi connectivity index (χ1n) is 9.88. The van der Waals surface area contributed by atoms with Gasteiger partial charge in [0.1, 0.15) is 0 Å². The predicted octanol–water partition coefficient (Wildman–Crippen LogP) is 2.95. The Bertz CT molecular complexity index is 1010. The van der Waals surface area contributed by atoms with Crippen LogP contribution in [0.3, 0.4) is 0 Å². The Morgan fingerprint density at radius 2 is 2.03 bits per heavy atom. The van der Waals surface area contributed by atoms with Gasteiger partial charge in [0, 0.05) is 24.0 Å². The summed E-state index contributed by atoms with van der Waals surface area (Å²) in [4.78, 5) is 19.6. The molecule has 2 aromatic rings. The fraction of sp³-hybridized carbons (Fsp3) is 0.500. The molecule has 2 aliphatic heterocycles. The minimum Gasteiger partial charge on any atom is -0.298 e. The first-order chi connectivity index (χ1) is 13.8. The van der Waals surface area contributed by atoms with Gasteiger partial charge in [-0.25, -0.2) is 13.4 Å².